The summed E-state index contributed by atoms with van der Waals surface area (Å²) in [4.78, 5) is 11.7. The molecular weight excluding hydrogens is 286 g/mol. The molecule has 112 valence electrons. The maximum Gasteiger partial charge on any atom is 0.341 e. The SMILES string of the molecule is CCOP(=O)(CC(=O)Oc1cc(C)ccc1F)OCC. The normalized spacial score (nSPS) is 11.4. The van der Waals surface area contributed by atoms with E-state index < -0.39 is 25.5 Å². The second-order valence-corrected chi connectivity index (χ2v) is 6.07. The molecule has 0 saturated carbocycles. The molecular formula is C13H18FO5P. The summed E-state index contributed by atoms with van der Waals surface area (Å²) >= 11 is 0. The molecule has 1 aromatic rings. The summed E-state index contributed by atoms with van der Waals surface area (Å²) in [7, 11) is -3.54. The molecule has 20 heavy (non-hydrogen) atoms. The van der Waals surface area contributed by atoms with Gasteiger partial charge in [0.05, 0.1) is 13.2 Å². The average molecular weight is 304 g/mol. The van der Waals surface area contributed by atoms with Crippen molar-refractivity contribution in [3.8, 4) is 5.75 Å². The van der Waals surface area contributed by atoms with Crippen molar-refractivity contribution in [1.82, 2.24) is 0 Å². The summed E-state index contributed by atoms with van der Waals surface area (Å²) in [5, 5.41) is 0. The number of carbonyl (C=O) groups excluding carboxylic acids is 1. The van der Waals surface area contributed by atoms with Gasteiger partial charge < -0.3 is 13.8 Å². The van der Waals surface area contributed by atoms with Gasteiger partial charge in [-0.3, -0.25) is 9.36 Å². The fraction of sp³-hybridized carbons (Fsp3) is 0.462. The van der Waals surface area contributed by atoms with Crippen molar-refractivity contribution in [2.75, 3.05) is 19.4 Å². The quantitative estimate of drug-likeness (QED) is 0.439. The van der Waals surface area contributed by atoms with Crippen molar-refractivity contribution in [1.29, 1.82) is 0 Å². The molecule has 0 radical (unpaired) electrons. The van der Waals surface area contributed by atoms with Gasteiger partial charge >= 0.3 is 13.6 Å². The molecule has 0 saturated heterocycles. The monoisotopic (exact) mass is 304 g/mol. The third kappa shape index (κ3) is 5.04. The third-order valence-corrected chi connectivity index (χ3v) is 4.23. The average Bonchev–Trinajstić information content (AvgIpc) is 2.34. The number of benzene rings is 1. The predicted octanol–water partition coefficient (Wildman–Crippen LogP) is 3.31. The summed E-state index contributed by atoms with van der Waals surface area (Å²) in [5.41, 5.74) is 0.743. The molecule has 0 aliphatic heterocycles. The van der Waals surface area contributed by atoms with E-state index in [1.54, 1.807) is 26.8 Å². The van der Waals surface area contributed by atoms with Crippen molar-refractivity contribution < 1.29 is 27.5 Å². The molecule has 5 nitrogen and oxygen atoms in total. The maximum absolute atomic E-state index is 13.5. The van der Waals surface area contributed by atoms with Crippen molar-refractivity contribution in [2.45, 2.75) is 20.8 Å². The van der Waals surface area contributed by atoms with Gasteiger partial charge in [-0.2, -0.15) is 0 Å². The molecule has 0 aliphatic rings. The minimum Gasteiger partial charge on any atom is -0.423 e. The Morgan fingerprint density at radius 2 is 1.85 bits per heavy atom. The van der Waals surface area contributed by atoms with Crippen molar-refractivity contribution in [2.24, 2.45) is 0 Å². The maximum atomic E-state index is 13.5. The van der Waals surface area contributed by atoms with Crippen molar-refractivity contribution in [3.63, 3.8) is 0 Å². The van der Waals surface area contributed by atoms with Crippen LogP contribution in [0.1, 0.15) is 19.4 Å². The van der Waals surface area contributed by atoms with E-state index in [1.165, 1.54) is 12.1 Å². The smallest absolute Gasteiger partial charge is 0.341 e. The first-order valence-corrected chi connectivity index (χ1v) is 7.98. The lowest BCUT2D eigenvalue weighted by Crippen LogP contribution is -2.16. The Morgan fingerprint density at radius 1 is 1.25 bits per heavy atom. The van der Waals surface area contributed by atoms with Gasteiger partial charge in [-0.15, -0.1) is 0 Å². The lowest BCUT2D eigenvalue weighted by molar-refractivity contribution is -0.132. The van der Waals surface area contributed by atoms with E-state index in [-0.39, 0.29) is 19.0 Å². The van der Waals surface area contributed by atoms with Gasteiger partial charge in [0.15, 0.2) is 11.6 Å². The second kappa shape index (κ2) is 7.53. The van der Waals surface area contributed by atoms with Crippen LogP contribution < -0.4 is 4.74 Å². The number of ether oxygens (including phenoxy) is 1. The number of carbonyl (C=O) groups is 1. The Morgan fingerprint density at radius 3 is 2.40 bits per heavy atom. The van der Waals surface area contributed by atoms with Crippen molar-refractivity contribution >= 4 is 13.6 Å². The summed E-state index contributed by atoms with van der Waals surface area (Å²) in [5.74, 6) is -1.72. The van der Waals surface area contributed by atoms with Crippen LogP contribution in [0.15, 0.2) is 18.2 Å². The zero-order chi connectivity index (χ0) is 15.2. The molecule has 0 bridgehead atoms. The van der Waals surface area contributed by atoms with Crippen LogP contribution in [-0.4, -0.2) is 25.3 Å². The number of aryl methyl sites for hydroxylation is 1. The zero-order valence-corrected chi connectivity index (χ0v) is 12.6. The topological polar surface area (TPSA) is 61.8 Å². The Balaban J connectivity index is 2.75. The minimum atomic E-state index is -3.54. The lowest BCUT2D eigenvalue weighted by atomic mass is 10.2. The first kappa shape index (κ1) is 16.8. The highest BCUT2D eigenvalue weighted by atomic mass is 31.2. The second-order valence-electron chi connectivity index (χ2n) is 4.01. The first-order valence-electron chi connectivity index (χ1n) is 6.25. The van der Waals surface area contributed by atoms with Crippen LogP contribution in [0, 0.1) is 12.7 Å². The fourth-order valence-electron chi connectivity index (χ4n) is 1.52. The standard InChI is InChI=1S/C13H18FO5P/c1-4-17-20(16,18-5-2)9-13(15)19-12-8-10(3)6-7-11(12)14/h6-8H,4-5,9H2,1-3H3. The molecule has 0 N–H and O–H groups in total. The van der Waals surface area contributed by atoms with Gasteiger partial charge in [-0.25, -0.2) is 4.39 Å². The highest BCUT2D eigenvalue weighted by Crippen LogP contribution is 2.47. The van der Waals surface area contributed by atoms with Crippen LogP contribution in [0.25, 0.3) is 0 Å². The van der Waals surface area contributed by atoms with Crippen LogP contribution in [0.2, 0.25) is 0 Å². The highest BCUT2D eigenvalue weighted by Gasteiger charge is 2.29. The molecule has 0 aliphatic carbocycles. The van der Waals surface area contributed by atoms with Crippen LogP contribution in [0.3, 0.4) is 0 Å². The largest absolute Gasteiger partial charge is 0.423 e. The Labute approximate surface area is 117 Å². The first-order chi connectivity index (χ1) is 9.40. The summed E-state index contributed by atoms with van der Waals surface area (Å²) < 4.78 is 40.4. The Hall–Kier alpha value is -1.23. The number of hydrogen-bond acceptors (Lipinski definition) is 5. The Bertz CT molecular complexity index is 507. The summed E-state index contributed by atoms with van der Waals surface area (Å²) in [6.45, 7) is 5.29. The fourth-order valence-corrected chi connectivity index (χ4v) is 2.95. The molecule has 1 rings (SSSR count). The molecule has 0 fully saturated rings. The highest BCUT2D eigenvalue weighted by molar-refractivity contribution is 7.54. The van der Waals surface area contributed by atoms with Gasteiger partial charge in [0.25, 0.3) is 0 Å². The van der Waals surface area contributed by atoms with E-state index in [9.17, 15) is 13.8 Å². The number of halogens is 1. The number of esters is 1. The third-order valence-electron chi connectivity index (χ3n) is 2.28. The van der Waals surface area contributed by atoms with Crippen LogP contribution in [-0.2, 0) is 18.4 Å². The van der Waals surface area contributed by atoms with Gasteiger partial charge in [0, 0.05) is 0 Å². The molecule has 1 aromatic carbocycles. The molecule has 0 aromatic heterocycles. The van der Waals surface area contributed by atoms with Gasteiger partial charge in [0.2, 0.25) is 0 Å². The van der Waals surface area contributed by atoms with Gasteiger partial charge in [-0.1, -0.05) is 6.07 Å². The van der Waals surface area contributed by atoms with Crippen LogP contribution >= 0.6 is 7.60 Å². The van der Waals surface area contributed by atoms with E-state index in [1.807, 2.05) is 0 Å². The summed E-state index contributed by atoms with van der Waals surface area (Å²) in [6, 6.07) is 4.14. The van der Waals surface area contributed by atoms with Gasteiger partial charge in [-0.05, 0) is 38.5 Å². The van der Waals surface area contributed by atoms with Gasteiger partial charge in [0.1, 0.15) is 6.16 Å². The van der Waals surface area contributed by atoms with Crippen molar-refractivity contribution in [3.05, 3.63) is 29.6 Å². The molecule has 0 spiro atoms. The molecule has 0 heterocycles. The molecule has 0 atom stereocenters. The summed E-state index contributed by atoms with van der Waals surface area (Å²) in [6.07, 6.45) is -0.554. The zero-order valence-electron chi connectivity index (χ0n) is 11.7. The van der Waals surface area contributed by atoms with E-state index >= 15 is 0 Å². The lowest BCUT2D eigenvalue weighted by Gasteiger charge is -2.16. The van der Waals surface area contributed by atoms with E-state index in [4.69, 9.17) is 13.8 Å². The molecule has 0 unspecified atom stereocenters. The van der Waals surface area contributed by atoms with E-state index in [0.29, 0.717) is 0 Å². The predicted molar refractivity (Wildman–Crippen MR) is 72.5 cm³/mol. The number of rotatable bonds is 7. The van der Waals surface area contributed by atoms with E-state index in [0.717, 1.165) is 5.56 Å². The molecule has 7 heteroatoms. The number of hydrogen-bond donors (Lipinski definition) is 0. The minimum absolute atomic E-state index is 0.142. The molecule has 0 amide bonds. The Kier molecular flexibility index (Phi) is 6.33. The van der Waals surface area contributed by atoms with Crippen LogP contribution in [0.5, 0.6) is 5.75 Å². The van der Waals surface area contributed by atoms with E-state index in [2.05, 4.69) is 0 Å². The van der Waals surface area contributed by atoms with Crippen LogP contribution in [0.4, 0.5) is 4.39 Å².